The van der Waals surface area contributed by atoms with E-state index < -0.39 is 42.9 Å². The summed E-state index contributed by atoms with van der Waals surface area (Å²) in [7, 11) is 0. The lowest BCUT2D eigenvalue weighted by Crippen LogP contribution is -2.51. The van der Waals surface area contributed by atoms with Crippen molar-refractivity contribution in [2.24, 2.45) is 5.41 Å². The molecule has 0 rings (SSSR count). The molecule has 21 heavy (non-hydrogen) atoms. The fourth-order valence-corrected chi connectivity index (χ4v) is 0.839. The number of alkyl halides is 6. The zero-order chi connectivity index (χ0) is 17.1. The summed E-state index contributed by atoms with van der Waals surface area (Å²) in [6.07, 6.45) is -11.3. The fourth-order valence-electron chi connectivity index (χ4n) is 0.839. The van der Waals surface area contributed by atoms with Crippen molar-refractivity contribution in [2.45, 2.75) is 26.2 Å². The van der Waals surface area contributed by atoms with Crippen LogP contribution in [-0.4, -0.2) is 37.5 Å². The molecule has 0 saturated carbocycles. The van der Waals surface area contributed by atoms with Gasteiger partial charge in [0.25, 0.3) is 0 Å². The molecule has 0 bridgehead atoms. The molecule has 0 N–H and O–H groups in total. The highest BCUT2D eigenvalue weighted by atomic mass is 19.4. The topological polar surface area (TPSA) is 52.6 Å². The summed E-state index contributed by atoms with van der Waals surface area (Å²) in [5.74, 6) is -2.56. The summed E-state index contributed by atoms with van der Waals surface area (Å²) in [5, 5.41) is 0. The SMILES string of the molecule is C=C(C)C(=O)OCC(=O)OCC(C)(C(F)(F)F)C(F)(F)F. The third kappa shape index (κ3) is 4.94. The van der Waals surface area contributed by atoms with E-state index in [9.17, 15) is 35.9 Å². The van der Waals surface area contributed by atoms with Gasteiger partial charge in [0.05, 0.1) is 0 Å². The van der Waals surface area contributed by atoms with Crippen LogP contribution in [0.2, 0.25) is 0 Å². The molecule has 122 valence electrons. The van der Waals surface area contributed by atoms with Gasteiger partial charge in [-0.3, -0.25) is 0 Å². The first-order valence-electron chi connectivity index (χ1n) is 5.34. The lowest BCUT2D eigenvalue weighted by atomic mass is 9.90. The molecule has 0 amide bonds. The van der Waals surface area contributed by atoms with Crippen molar-refractivity contribution in [1.29, 1.82) is 0 Å². The second-order valence-electron chi connectivity index (χ2n) is 4.34. The predicted octanol–water partition coefficient (Wildman–Crippen LogP) is 2.78. The summed E-state index contributed by atoms with van der Waals surface area (Å²) in [6.45, 7) is 1.17. The largest absolute Gasteiger partial charge is 0.462 e. The van der Waals surface area contributed by atoms with Crippen LogP contribution < -0.4 is 0 Å². The van der Waals surface area contributed by atoms with Crippen LogP contribution in [0.25, 0.3) is 0 Å². The maximum Gasteiger partial charge on any atom is 0.406 e. The van der Waals surface area contributed by atoms with Gasteiger partial charge in [0.1, 0.15) is 6.61 Å². The quantitative estimate of drug-likeness (QED) is 0.444. The minimum Gasteiger partial charge on any atom is -0.462 e. The Labute approximate surface area is 115 Å². The Morgan fingerprint density at radius 1 is 1.00 bits per heavy atom. The Morgan fingerprint density at radius 3 is 1.76 bits per heavy atom. The van der Waals surface area contributed by atoms with Gasteiger partial charge in [0, 0.05) is 5.57 Å². The molecule has 0 aliphatic carbocycles. The van der Waals surface area contributed by atoms with Crippen LogP contribution in [0.1, 0.15) is 13.8 Å². The minimum absolute atomic E-state index is 0.0989. The second-order valence-corrected chi connectivity index (χ2v) is 4.34. The van der Waals surface area contributed by atoms with E-state index in [0.29, 0.717) is 0 Å². The standard InChI is InChI=1S/C11H12F6O4/c1-6(2)8(19)20-4-7(18)21-5-9(3,10(12,13)14)11(15,16)17/h1,4-5H2,2-3H3. The van der Waals surface area contributed by atoms with E-state index in [1.807, 2.05) is 0 Å². The molecule has 0 fully saturated rings. The maximum absolute atomic E-state index is 12.5. The van der Waals surface area contributed by atoms with Gasteiger partial charge in [-0.25, -0.2) is 9.59 Å². The molecular weight excluding hydrogens is 310 g/mol. The molecule has 0 heterocycles. The molecule has 0 spiro atoms. The van der Waals surface area contributed by atoms with Crippen LogP contribution in [0, 0.1) is 5.41 Å². The molecule has 0 atom stereocenters. The van der Waals surface area contributed by atoms with E-state index in [2.05, 4.69) is 16.1 Å². The van der Waals surface area contributed by atoms with Crippen molar-refractivity contribution in [2.75, 3.05) is 13.2 Å². The highest BCUT2D eigenvalue weighted by Gasteiger charge is 2.68. The van der Waals surface area contributed by atoms with Gasteiger partial charge in [-0.15, -0.1) is 0 Å². The number of hydrogen-bond donors (Lipinski definition) is 0. The Kier molecular flexibility index (Phi) is 5.83. The van der Waals surface area contributed by atoms with Crippen molar-refractivity contribution in [1.82, 2.24) is 0 Å². The Morgan fingerprint density at radius 2 is 1.43 bits per heavy atom. The maximum atomic E-state index is 12.5. The van der Waals surface area contributed by atoms with E-state index in [1.165, 1.54) is 6.92 Å². The van der Waals surface area contributed by atoms with Gasteiger partial charge in [0.15, 0.2) is 12.0 Å². The van der Waals surface area contributed by atoms with Crippen molar-refractivity contribution < 1.29 is 45.4 Å². The Hall–Kier alpha value is -1.74. The third-order valence-electron chi connectivity index (χ3n) is 2.44. The Bertz CT molecular complexity index is 409. The molecule has 0 aliphatic heterocycles. The highest BCUT2D eigenvalue weighted by Crippen LogP contribution is 2.50. The monoisotopic (exact) mass is 322 g/mol. The highest BCUT2D eigenvalue weighted by molar-refractivity contribution is 5.88. The number of rotatable bonds is 5. The number of esters is 2. The number of halogens is 6. The van der Waals surface area contributed by atoms with Gasteiger partial charge >= 0.3 is 24.3 Å². The molecule has 4 nitrogen and oxygen atoms in total. The van der Waals surface area contributed by atoms with E-state index >= 15 is 0 Å². The normalized spacial score (nSPS) is 12.8. The second kappa shape index (κ2) is 6.35. The number of hydrogen-bond acceptors (Lipinski definition) is 4. The van der Waals surface area contributed by atoms with E-state index in [-0.39, 0.29) is 12.5 Å². The van der Waals surface area contributed by atoms with Gasteiger partial charge in [-0.05, 0) is 13.8 Å². The lowest BCUT2D eigenvalue weighted by molar-refractivity contribution is -0.343. The van der Waals surface area contributed by atoms with Crippen LogP contribution in [0.4, 0.5) is 26.3 Å². The van der Waals surface area contributed by atoms with Crippen molar-refractivity contribution in [3.8, 4) is 0 Å². The summed E-state index contributed by atoms with van der Waals surface area (Å²) in [4.78, 5) is 21.9. The summed E-state index contributed by atoms with van der Waals surface area (Å²) in [6, 6.07) is 0. The molecular formula is C11H12F6O4. The van der Waals surface area contributed by atoms with Gasteiger partial charge in [-0.1, -0.05) is 6.58 Å². The first-order valence-corrected chi connectivity index (χ1v) is 5.34. The summed E-state index contributed by atoms with van der Waals surface area (Å²) in [5.41, 5.74) is -4.31. The third-order valence-corrected chi connectivity index (χ3v) is 2.44. The molecule has 0 unspecified atom stereocenters. The van der Waals surface area contributed by atoms with Crippen molar-refractivity contribution in [3.63, 3.8) is 0 Å². The zero-order valence-corrected chi connectivity index (χ0v) is 11.0. The van der Waals surface area contributed by atoms with Gasteiger partial charge < -0.3 is 9.47 Å². The smallest absolute Gasteiger partial charge is 0.406 e. The van der Waals surface area contributed by atoms with Gasteiger partial charge in [0.2, 0.25) is 0 Å². The molecule has 0 aromatic heterocycles. The molecule has 0 saturated heterocycles. The average Bonchev–Trinajstić information content (AvgIpc) is 2.29. The molecule has 0 aromatic carbocycles. The van der Waals surface area contributed by atoms with E-state index in [1.54, 1.807) is 0 Å². The van der Waals surface area contributed by atoms with Gasteiger partial charge in [-0.2, -0.15) is 26.3 Å². The van der Waals surface area contributed by atoms with E-state index in [0.717, 1.165) is 0 Å². The summed E-state index contributed by atoms with van der Waals surface area (Å²) < 4.78 is 82.9. The van der Waals surface area contributed by atoms with E-state index in [4.69, 9.17) is 0 Å². The van der Waals surface area contributed by atoms with Crippen LogP contribution in [-0.2, 0) is 19.1 Å². The van der Waals surface area contributed by atoms with Crippen LogP contribution in [0.5, 0.6) is 0 Å². The predicted molar refractivity (Wildman–Crippen MR) is 56.9 cm³/mol. The minimum atomic E-state index is -5.67. The molecule has 0 aromatic rings. The van der Waals surface area contributed by atoms with Crippen LogP contribution >= 0.6 is 0 Å². The van der Waals surface area contributed by atoms with Crippen molar-refractivity contribution in [3.05, 3.63) is 12.2 Å². The number of ether oxygens (including phenoxy) is 2. The van der Waals surface area contributed by atoms with Crippen molar-refractivity contribution >= 4 is 11.9 Å². The zero-order valence-electron chi connectivity index (χ0n) is 11.0. The first kappa shape index (κ1) is 19.3. The van der Waals surface area contributed by atoms with Crippen LogP contribution in [0.15, 0.2) is 12.2 Å². The molecule has 0 aliphatic rings. The molecule has 0 radical (unpaired) electrons. The first-order chi connectivity index (χ1) is 9.22. The number of carbonyl (C=O) groups excluding carboxylic acids is 2. The fraction of sp³-hybridized carbons (Fsp3) is 0.636. The molecule has 10 heteroatoms. The summed E-state index contributed by atoms with van der Waals surface area (Å²) >= 11 is 0. The number of carbonyl (C=O) groups is 2. The van der Waals surface area contributed by atoms with Crippen LogP contribution in [0.3, 0.4) is 0 Å². The Balaban J connectivity index is 4.70. The average molecular weight is 322 g/mol. The lowest BCUT2D eigenvalue weighted by Gasteiger charge is -2.33.